The van der Waals surface area contributed by atoms with Crippen molar-refractivity contribution in [1.29, 1.82) is 0 Å². The number of carbonyl (C=O) groups excluding carboxylic acids is 2. The van der Waals surface area contributed by atoms with Crippen molar-refractivity contribution in [3.8, 4) is 0 Å². The van der Waals surface area contributed by atoms with Crippen LogP contribution in [0.1, 0.15) is 34.7 Å². The maximum Gasteiger partial charge on any atom is 0.284 e. The van der Waals surface area contributed by atoms with Crippen molar-refractivity contribution in [2.45, 2.75) is 26.3 Å². The molecule has 2 N–H and O–H groups in total. The van der Waals surface area contributed by atoms with Gasteiger partial charge in [-0.05, 0) is 13.0 Å². The summed E-state index contributed by atoms with van der Waals surface area (Å²) in [5, 5.41) is 0. The van der Waals surface area contributed by atoms with E-state index in [4.69, 9.17) is 10.2 Å². The average Bonchev–Trinajstić information content (AvgIpc) is 2.64. The Bertz CT molecular complexity index is 441. The van der Waals surface area contributed by atoms with Crippen LogP contribution in [0.5, 0.6) is 0 Å². The summed E-state index contributed by atoms with van der Waals surface area (Å²) in [6.45, 7) is 4.07. The molecule has 1 fully saturated rings. The summed E-state index contributed by atoms with van der Waals surface area (Å²) in [6.07, 6.45) is 1.22. The van der Waals surface area contributed by atoms with Gasteiger partial charge in [-0.3, -0.25) is 14.5 Å². The maximum absolute atomic E-state index is 11.1. The van der Waals surface area contributed by atoms with Crippen molar-refractivity contribution >= 4 is 11.7 Å². The number of hydrogen-bond acceptors (Lipinski definition) is 4. The Kier molecular flexibility index (Phi) is 3.28. The Balaban J connectivity index is 2.03. The van der Waals surface area contributed by atoms with Gasteiger partial charge in [-0.1, -0.05) is 0 Å². The summed E-state index contributed by atoms with van der Waals surface area (Å²) in [5.74, 6) is 0.692. The second-order valence-electron chi connectivity index (χ2n) is 4.37. The molecule has 0 atom stereocenters. The van der Waals surface area contributed by atoms with Gasteiger partial charge < -0.3 is 10.2 Å². The number of carbonyl (C=O) groups is 2. The number of aryl methyl sites for hydroxylation is 1. The molecule has 0 aromatic carbocycles. The van der Waals surface area contributed by atoms with Crippen LogP contribution in [-0.2, 0) is 11.3 Å². The predicted octanol–water partition coefficient (Wildman–Crippen LogP) is 0.852. The zero-order valence-corrected chi connectivity index (χ0v) is 9.86. The second kappa shape index (κ2) is 4.71. The average molecular weight is 236 g/mol. The van der Waals surface area contributed by atoms with Crippen LogP contribution < -0.4 is 5.73 Å². The van der Waals surface area contributed by atoms with E-state index in [1.165, 1.54) is 0 Å². The molecule has 2 rings (SSSR count). The zero-order valence-electron chi connectivity index (χ0n) is 9.86. The molecule has 0 bridgehead atoms. The molecule has 2 heterocycles. The SMILES string of the molecule is Cc1oc(C(N)=O)cc1CN1CCC(=O)CC1. The van der Waals surface area contributed by atoms with E-state index in [0.29, 0.717) is 25.2 Å². The number of ketones is 1. The number of furan rings is 1. The van der Waals surface area contributed by atoms with Crippen LogP contribution in [-0.4, -0.2) is 29.7 Å². The van der Waals surface area contributed by atoms with Gasteiger partial charge in [0.2, 0.25) is 0 Å². The molecule has 1 aromatic rings. The van der Waals surface area contributed by atoms with Gasteiger partial charge in [0.1, 0.15) is 11.5 Å². The molecule has 5 nitrogen and oxygen atoms in total. The quantitative estimate of drug-likeness (QED) is 0.844. The molecule has 0 spiro atoms. The lowest BCUT2D eigenvalue weighted by Gasteiger charge is -2.25. The van der Waals surface area contributed by atoms with Crippen LogP contribution >= 0.6 is 0 Å². The lowest BCUT2D eigenvalue weighted by Crippen LogP contribution is -2.33. The number of rotatable bonds is 3. The minimum Gasteiger partial charge on any atom is -0.456 e. The van der Waals surface area contributed by atoms with E-state index in [-0.39, 0.29) is 5.76 Å². The fraction of sp³-hybridized carbons (Fsp3) is 0.500. The third kappa shape index (κ3) is 2.74. The molecule has 1 aliphatic heterocycles. The molecular formula is C12H16N2O3. The van der Waals surface area contributed by atoms with Crippen LogP contribution in [0.3, 0.4) is 0 Å². The van der Waals surface area contributed by atoms with Gasteiger partial charge in [0, 0.05) is 38.0 Å². The van der Waals surface area contributed by atoms with Crippen LogP contribution in [0.4, 0.5) is 0 Å². The zero-order chi connectivity index (χ0) is 12.4. The van der Waals surface area contributed by atoms with Crippen LogP contribution in [0.15, 0.2) is 10.5 Å². The smallest absolute Gasteiger partial charge is 0.284 e. The number of likely N-dealkylation sites (tertiary alicyclic amines) is 1. The highest BCUT2D eigenvalue weighted by molar-refractivity contribution is 5.90. The molecule has 1 aliphatic rings. The van der Waals surface area contributed by atoms with Crippen molar-refractivity contribution < 1.29 is 14.0 Å². The van der Waals surface area contributed by atoms with Crippen molar-refractivity contribution in [1.82, 2.24) is 4.90 Å². The van der Waals surface area contributed by atoms with Crippen LogP contribution in [0.25, 0.3) is 0 Å². The van der Waals surface area contributed by atoms with E-state index in [2.05, 4.69) is 4.90 Å². The monoisotopic (exact) mass is 236 g/mol. The van der Waals surface area contributed by atoms with Crippen molar-refractivity contribution in [3.05, 3.63) is 23.2 Å². The standard InChI is InChI=1S/C12H16N2O3/c1-8-9(6-11(17-8)12(13)16)7-14-4-2-10(15)3-5-14/h6H,2-5,7H2,1H3,(H2,13,16). The molecule has 17 heavy (non-hydrogen) atoms. The van der Waals surface area contributed by atoms with E-state index in [1.54, 1.807) is 6.07 Å². The third-order valence-corrected chi connectivity index (χ3v) is 3.07. The van der Waals surface area contributed by atoms with Gasteiger partial charge in [-0.2, -0.15) is 0 Å². The fourth-order valence-electron chi connectivity index (χ4n) is 2.00. The van der Waals surface area contributed by atoms with Gasteiger partial charge >= 0.3 is 0 Å². The Hall–Kier alpha value is -1.62. The number of nitrogens with zero attached hydrogens (tertiary/aromatic N) is 1. The van der Waals surface area contributed by atoms with Crippen molar-refractivity contribution in [2.24, 2.45) is 5.73 Å². The Morgan fingerprint density at radius 3 is 2.65 bits per heavy atom. The van der Waals surface area contributed by atoms with Crippen molar-refractivity contribution in [3.63, 3.8) is 0 Å². The van der Waals surface area contributed by atoms with E-state index >= 15 is 0 Å². The summed E-state index contributed by atoms with van der Waals surface area (Å²) in [5.41, 5.74) is 6.12. The largest absolute Gasteiger partial charge is 0.456 e. The Labute approximate surface area is 99.6 Å². The first-order chi connectivity index (χ1) is 8.06. The number of hydrogen-bond donors (Lipinski definition) is 1. The third-order valence-electron chi connectivity index (χ3n) is 3.07. The normalized spacial score (nSPS) is 17.4. The summed E-state index contributed by atoms with van der Waals surface area (Å²) in [6, 6.07) is 1.69. The van der Waals surface area contributed by atoms with Gasteiger partial charge in [0.15, 0.2) is 5.76 Å². The number of primary amides is 1. The molecule has 1 aromatic heterocycles. The van der Waals surface area contributed by atoms with E-state index < -0.39 is 5.91 Å². The number of amides is 1. The van der Waals surface area contributed by atoms with Gasteiger partial charge in [-0.15, -0.1) is 0 Å². The molecule has 92 valence electrons. The highest BCUT2D eigenvalue weighted by atomic mass is 16.3. The lowest BCUT2D eigenvalue weighted by molar-refractivity contribution is -0.121. The minimum atomic E-state index is -0.548. The topological polar surface area (TPSA) is 76.5 Å². The van der Waals surface area contributed by atoms with E-state index in [9.17, 15) is 9.59 Å². The number of nitrogens with two attached hydrogens (primary N) is 1. The number of Topliss-reactive ketones (excluding diaryl/α,β-unsaturated/α-hetero) is 1. The first-order valence-electron chi connectivity index (χ1n) is 5.69. The molecule has 0 radical (unpaired) electrons. The minimum absolute atomic E-state index is 0.200. The summed E-state index contributed by atoms with van der Waals surface area (Å²) < 4.78 is 5.27. The van der Waals surface area contributed by atoms with Crippen LogP contribution in [0, 0.1) is 6.92 Å². The van der Waals surface area contributed by atoms with Crippen molar-refractivity contribution in [2.75, 3.05) is 13.1 Å². The molecule has 5 heteroatoms. The lowest BCUT2D eigenvalue weighted by atomic mass is 10.1. The highest BCUT2D eigenvalue weighted by Gasteiger charge is 2.19. The summed E-state index contributed by atoms with van der Waals surface area (Å²) in [4.78, 5) is 24.3. The summed E-state index contributed by atoms with van der Waals surface area (Å²) >= 11 is 0. The Morgan fingerprint density at radius 2 is 2.12 bits per heavy atom. The van der Waals surface area contributed by atoms with Gasteiger partial charge in [0.05, 0.1) is 0 Å². The predicted molar refractivity (Wildman–Crippen MR) is 61.5 cm³/mol. The highest BCUT2D eigenvalue weighted by Crippen LogP contribution is 2.18. The van der Waals surface area contributed by atoms with Gasteiger partial charge in [0.25, 0.3) is 5.91 Å². The molecule has 1 amide bonds. The maximum atomic E-state index is 11.1. The van der Waals surface area contributed by atoms with Gasteiger partial charge in [-0.25, -0.2) is 0 Å². The van der Waals surface area contributed by atoms with E-state index in [1.807, 2.05) is 6.92 Å². The molecule has 1 saturated heterocycles. The van der Waals surface area contributed by atoms with E-state index in [0.717, 1.165) is 24.4 Å². The number of piperidine rings is 1. The molecule has 0 aliphatic carbocycles. The Morgan fingerprint density at radius 1 is 1.47 bits per heavy atom. The second-order valence-corrected chi connectivity index (χ2v) is 4.37. The molecule has 0 saturated carbocycles. The first-order valence-corrected chi connectivity index (χ1v) is 5.69. The fourth-order valence-corrected chi connectivity index (χ4v) is 2.00. The van der Waals surface area contributed by atoms with Crippen LogP contribution in [0.2, 0.25) is 0 Å². The molecular weight excluding hydrogens is 220 g/mol. The summed E-state index contributed by atoms with van der Waals surface area (Å²) in [7, 11) is 0. The first kappa shape index (κ1) is 11.9. The molecule has 0 unspecified atom stereocenters.